The number of nitrogens with one attached hydrogen (secondary N) is 1. The van der Waals surface area contributed by atoms with Crippen molar-refractivity contribution in [1.82, 2.24) is 14.8 Å². The van der Waals surface area contributed by atoms with E-state index in [9.17, 15) is 13.2 Å². The molecule has 214 valence electrons. The van der Waals surface area contributed by atoms with Gasteiger partial charge in [-0.05, 0) is 66.4 Å². The summed E-state index contributed by atoms with van der Waals surface area (Å²) in [7, 11) is -3.86. The summed E-state index contributed by atoms with van der Waals surface area (Å²) in [5, 5.41) is 0.747. The highest BCUT2D eigenvalue weighted by Crippen LogP contribution is 2.24. The first-order valence-corrected chi connectivity index (χ1v) is 15.5. The Labute approximate surface area is 242 Å². The number of para-hydroxylation sites is 1. The number of hydrogen-bond donors (Lipinski definition) is 1. The Morgan fingerprint density at radius 2 is 1.68 bits per heavy atom. The van der Waals surface area contributed by atoms with E-state index in [0.717, 1.165) is 37.2 Å². The van der Waals surface area contributed by atoms with Gasteiger partial charge < -0.3 is 9.64 Å². The van der Waals surface area contributed by atoms with Crippen molar-refractivity contribution in [2.24, 2.45) is 5.92 Å². The van der Waals surface area contributed by atoms with Crippen LogP contribution in [-0.4, -0.2) is 61.9 Å². The maximum absolute atomic E-state index is 13.3. The molecule has 1 N–H and O–H groups in total. The molecule has 2 heterocycles. The molecule has 3 aromatic carbocycles. The molecule has 8 nitrogen and oxygen atoms in total. The van der Waals surface area contributed by atoms with Crippen LogP contribution in [0.2, 0.25) is 0 Å². The molecule has 0 saturated carbocycles. The first-order chi connectivity index (χ1) is 19.8. The van der Waals surface area contributed by atoms with E-state index in [-0.39, 0.29) is 10.8 Å². The van der Waals surface area contributed by atoms with Gasteiger partial charge in [-0.2, -0.15) is 0 Å². The van der Waals surface area contributed by atoms with Gasteiger partial charge in [-0.25, -0.2) is 8.42 Å². The van der Waals surface area contributed by atoms with Crippen LogP contribution in [0.1, 0.15) is 36.2 Å². The lowest BCUT2D eigenvalue weighted by atomic mass is 10.2. The van der Waals surface area contributed by atoms with Crippen LogP contribution in [0.3, 0.4) is 0 Å². The fourth-order valence-electron chi connectivity index (χ4n) is 4.91. The first kappa shape index (κ1) is 28.6. The van der Waals surface area contributed by atoms with Crippen molar-refractivity contribution in [2.45, 2.75) is 31.7 Å². The van der Waals surface area contributed by atoms with Gasteiger partial charge in [0.05, 0.1) is 12.1 Å². The van der Waals surface area contributed by atoms with Gasteiger partial charge in [0.2, 0.25) is 0 Å². The van der Waals surface area contributed by atoms with Crippen LogP contribution in [0.4, 0.5) is 5.69 Å². The summed E-state index contributed by atoms with van der Waals surface area (Å²) in [6, 6.07) is 23.5. The molecule has 4 aromatic rings. The van der Waals surface area contributed by atoms with Crippen LogP contribution in [0.5, 0.6) is 5.75 Å². The number of rotatable bonds is 9. The number of anilines is 1. The number of ether oxygens (including phenoxy) is 1. The smallest absolute Gasteiger partial charge is 0.264 e. The lowest BCUT2D eigenvalue weighted by Crippen LogP contribution is -2.35. The second kappa shape index (κ2) is 12.7. The van der Waals surface area contributed by atoms with Crippen molar-refractivity contribution in [3.63, 3.8) is 0 Å². The molecule has 1 amide bonds. The van der Waals surface area contributed by atoms with E-state index in [1.807, 2.05) is 29.2 Å². The van der Waals surface area contributed by atoms with E-state index in [1.165, 1.54) is 11.6 Å². The van der Waals surface area contributed by atoms with Crippen molar-refractivity contribution < 1.29 is 17.9 Å². The Kier molecular flexibility index (Phi) is 8.85. The van der Waals surface area contributed by atoms with Gasteiger partial charge in [0.15, 0.2) is 0 Å². The van der Waals surface area contributed by atoms with Gasteiger partial charge in [-0.15, -0.1) is 0 Å². The summed E-state index contributed by atoms with van der Waals surface area (Å²) in [5.41, 5.74) is 2.55. The van der Waals surface area contributed by atoms with E-state index in [4.69, 9.17) is 4.74 Å². The molecule has 41 heavy (non-hydrogen) atoms. The number of fused-ring (bicyclic) bond motifs is 1. The molecule has 0 bridgehead atoms. The SMILES string of the molecule is CC(C)COc1ccc(CN2CCCN(C(=O)c3ccc(NS(=O)(=O)c4cccc5cccnc45)cc3)CC2)cc1. The van der Waals surface area contributed by atoms with Crippen molar-refractivity contribution in [3.8, 4) is 5.75 Å². The maximum Gasteiger partial charge on any atom is 0.264 e. The van der Waals surface area contributed by atoms with Crippen molar-refractivity contribution >= 4 is 32.5 Å². The van der Waals surface area contributed by atoms with E-state index in [1.54, 1.807) is 42.6 Å². The highest BCUT2D eigenvalue weighted by Gasteiger charge is 2.22. The summed E-state index contributed by atoms with van der Waals surface area (Å²) in [5.74, 6) is 1.33. The largest absolute Gasteiger partial charge is 0.493 e. The van der Waals surface area contributed by atoms with Crippen molar-refractivity contribution in [3.05, 3.63) is 96.2 Å². The molecule has 0 spiro atoms. The summed E-state index contributed by atoms with van der Waals surface area (Å²) in [4.78, 5) is 21.9. The molecule has 1 saturated heterocycles. The summed E-state index contributed by atoms with van der Waals surface area (Å²) < 4.78 is 34.6. The Morgan fingerprint density at radius 1 is 0.927 bits per heavy atom. The Bertz CT molecular complexity index is 1580. The number of carbonyl (C=O) groups is 1. The Balaban J connectivity index is 1.17. The number of carbonyl (C=O) groups excluding carboxylic acids is 1. The molecule has 1 aromatic heterocycles. The zero-order valence-electron chi connectivity index (χ0n) is 23.5. The van der Waals surface area contributed by atoms with Gasteiger partial charge in [-0.3, -0.25) is 19.4 Å². The fraction of sp³-hybridized carbons (Fsp3) is 0.312. The van der Waals surface area contributed by atoms with Crippen LogP contribution < -0.4 is 9.46 Å². The van der Waals surface area contributed by atoms with Crippen LogP contribution in [-0.2, 0) is 16.6 Å². The molecule has 1 aliphatic rings. The Hall–Kier alpha value is -3.95. The predicted octanol–water partition coefficient (Wildman–Crippen LogP) is 5.42. The molecule has 0 unspecified atom stereocenters. The summed E-state index contributed by atoms with van der Waals surface area (Å²) >= 11 is 0. The zero-order chi connectivity index (χ0) is 28.8. The summed E-state index contributed by atoms with van der Waals surface area (Å²) in [6.07, 6.45) is 2.46. The minimum atomic E-state index is -3.86. The topological polar surface area (TPSA) is 91.8 Å². The minimum Gasteiger partial charge on any atom is -0.493 e. The molecule has 0 radical (unpaired) electrons. The summed E-state index contributed by atoms with van der Waals surface area (Å²) in [6.45, 7) is 8.81. The number of nitrogens with zero attached hydrogens (tertiary/aromatic N) is 3. The lowest BCUT2D eigenvalue weighted by Gasteiger charge is -2.22. The van der Waals surface area contributed by atoms with Gasteiger partial charge in [0, 0.05) is 55.6 Å². The van der Waals surface area contributed by atoms with Gasteiger partial charge in [0.1, 0.15) is 10.6 Å². The average molecular weight is 573 g/mol. The van der Waals surface area contributed by atoms with Gasteiger partial charge >= 0.3 is 0 Å². The third-order valence-corrected chi connectivity index (χ3v) is 8.47. The number of sulfonamides is 1. The number of amides is 1. The van der Waals surface area contributed by atoms with E-state index in [2.05, 4.69) is 40.6 Å². The van der Waals surface area contributed by atoms with Crippen LogP contribution in [0.15, 0.2) is 90.0 Å². The second-order valence-electron chi connectivity index (χ2n) is 10.8. The average Bonchev–Trinajstić information content (AvgIpc) is 3.22. The van der Waals surface area contributed by atoms with Gasteiger partial charge in [-0.1, -0.05) is 44.2 Å². The van der Waals surface area contributed by atoms with Crippen molar-refractivity contribution in [2.75, 3.05) is 37.5 Å². The third kappa shape index (κ3) is 7.23. The predicted molar refractivity (Wildman–Crippen MR) is 162 cm³/mol. The second-order valence-corrected chi connectivity index (χ2v) is 12.4. The molecular weight excluding hydrogens is 536 g/mol. The van der Waals surface area contributed by atoms with Crippen LogP contribution in [0.25, 0.3) is 10.9 Å². The standard InChI is InChI=1S/C32H36N4O4S/c1-24(2)23-40-29-15-9-25(10-16-29)22-35-18-5-19-36(21-20-35)32(37)27-11-13-28(14-12-27)34-41(38,39)30-8-3-6-26-7-4-17-33-31(26)30/h3-4,6-17,24,34H,5,18-23H2,1-2H3. The van der Waals surface area contributed by atoms with Gasteiger partial charge in [0.25, 0.3) is 15.9 Å². The molecule has 1 fully saturated rings. The monoisotopic (exact) mass is 572 g/mol. The lowest BCUT2D eigenvalue weighted by molar-refractivity contribution is 0.0761. The molecule has 0 atom stereocenters. The fourth-order valence-corrected chi connectivity index (χ4v) is 6.15. The Morgan fingerprint density at radius 3 is 2.44 bits per heavy atom. The maximum atomic E-state index is 13.3. The molecule has 9 heteroatoms. The van der Waals surface area contributed by atoms with Crippen molar-refractivity contribution in [1.29, 1.82) is 0 Å². The normalized spacial score (nSPS) is 14.7. The minimum absolute atomic E-state index is 0.0498. The van der Waals surface area contributed by atoms with E-state index in [0.29, 0.717) is 42.4 Å². The first-order valence-electron chi connectivity index (χ1n) is 14.0. The molecule has 0 aliphatic carbocycles. The highest BCUT2D eigenvalue weighted by molar-refractivity contribution is 7.93. The number of hydrogen-bond acceptors (Lipinski definition) is 6. The quantitative estimate of drug-likeness (QED) is 0.288. The number of aromatic nitrogens is 1. The number of pyridine rings is 1. The van der Waals surface area contributed by atoms with Crippen LogP contribution >= 0.6 is 0 Å². The molecular formula is C32H36N4O4S. The van der Waals surface area contributed by atoms with Crippen LogP contribution in [0, 0.1) is 5.92 Å². The molecule has 5 rings (SSSR count). The molecule has 1 aliphatic heterocycles. The zero-order valence-corrected chi connectivity index (χ0v) is 24.3. The van der Waals surface area contributed by atoms with E-state index >= 15 is 0 Å². The third-order valence-electron chi connectivity index (χ3n) is 7.06. The number of benzene rings is 3. The highest BCUT2D eigenvalue weighted by atomic mass is 32.2. The van der Waals surface area contributed by atoms with E-state index < -0.39 is 10.0 Å².